The molecule has 34 heavy (non-hydrogen) atoms. The number of amides is 3. The number of fused-ring (bicyclic) bond motifs is 1. The maximum absolute atomic E-state index is 12.7. The van der Waals surface area contributed by atoms with Crippen LogP contribution in [-0.2, 0) is 30.4 Å². The molecule has 0 saturated carbocycles. The van der Waals surface area contributed by atoms with Crippen molar-refractivity contribution in [1.29, 1.82) is 0 Å². The number of aromatic amines is 1. The van der Waals surface area contributed by atoms with E-state index in [1.807, 2.05) is 0 Å². The van der Waals surface area contributed by atoms with E-state index in [0.717, 1.165) is 10.9 Å². The molecule has 9 N–H and O–H groups in total. The van der Waals surface area contributed by atoms with Crippen LogP contribution in [0.25, 0.3) is 10.9 Å². The van der Waals surface area contributed by atoms with Crippen molar-refractivity contribution in [2.24, 2.45) is 5.73 Å². The summed E-state index contributed by atoms with van der Waals surface area (Å²) in [6.45, 7) is 0.506. The van der Waals surface area contributed by atoms with Gasteiger partial charge < -0.3 is 42.0 Å². The van der Waals surface area contributed by atoms with E-state index in [0.29, 0.717) is 5.56 Å². The highest BCUT2D eigenvalue weighted by Gasteiger charge is 2.31. The lowest BCUT2D eigenvalue weighted by Crippen LogP contribution is -2.58. The molecule has 1 aromatic heterocycles. The molecule has 2 aromatic rings. The van der Waals surface area contributed by atoms with Gasteiger partial charge in [0.25, 0.3) is 0 Å². The van der Waals surface area contributed by atoms with Crippen LogP contribution in [0.4, 0.5) is 0 Å². The fourth-order valence-electron chi connectivity index (χ4n) is 3.15. The molecule has 0 spiro atoms. The third-order valence-corrected chi connectivity index (χ3v) is 4.95. The molecule has 184 valence electrons. The lowest BCUT2D eigenvalue weighted by molar-refractivity contribution is -0.143. The van der Waals surface area contributed by atoms with Crippen molar-refractivity contribution in [3.05, 3.63) is 36.0 Å². The predicted octanol–water partition coefficient (Wildman–Crippen LogP) is -1.94. The number of nitrogens with two attached hydrogens (primary N) is 1. The Morgan fingerprint density at radius 3 is 2.12 bits per heavy atom. The van der Waals surface area contributed by atoms with Gasteiger partial charge in [-0.2, -0.15) is 0 Å². The minimum Gasteiger partial charge on any atom is -0.481 e. The Bertz CT molecular complexity index is 1070. The smallest absolute Gasteiger partial charge is 0.326 e. The van der Waals surface area contributed by atoms with Crippen LogP contribution in [0.5, 0.6) is 0 Å². The van der Waals surface area contributed by atoms with Crippen molar-refractivity contribution < 1.29 is 39.3 Å². The van der Waals surface area contributed by atoms with Gasteiger partial charge in [-0.25, -0.2) is 4.79 Å². The zero-order chi connectivity index (χ0) is 25.4. The number of aliphatic carboxylic acids is 2. The van der Waals surface area contributed by atoms with Gasteiger partial charge in [-0.1, -0.05) is 18.2 Å². The van der Waals surface area contributed by atoms with E-state index in [-0.39, 0.29) is 6.42 Å². The zero-order valence-electron chi connectivity index (χ0n) is 18.3. The number of hydrogen-bond donors (Lipinski definition) is 8. The van der Waals surface area contributed by atoms with Gasteiger partial charge in [0.15, 0.2) is 0 Å². The summed E-state index contributed by atoms with van der Waals surface area (Å²) in [4.78, 5) is 62.9. The number of aliphatic hydroxyl groups excluding tert-OH is 1. The van der Waals surface area contributed by atoms with Gasteiger partial charge in [0.05, 0.1) is 19.1 Å². The van der Waals surface area contributed by atoms with E-state index in [1.54, 1.807) is 30.5 Å². The summed E-state index contributed by atoms with van der Waals surface area (Å²) >= 11 is 0. The number of carboxylic acids is 2. The first kappa shape index (κ1) is 26.3. The molecular formula is C21H27N5O8. The number of carbonyl (C=O) groups excluding carboxylic acids is 3. The van der Waals surface area contributed by atoms with Crippen molar-refractivity contribution in [2.45, 2.75) is 43.9 Å². The first-order chi connectivity index (χ1) is 16.0. The maximum atomic E-state index is 12.7. The Kier molecular flexibility index (Phi) is 9.10. The number of benzene rings is 1. The van der Waals surface area contributed by atoms with Crippen molar-refractivity contribution in [3.8, 4) is 0 Å². The second kappa shape index (κ2) is 11.8. The van der Waals surface area contributed by atoms with Gasteiger partial charge in [-0.15, -0.1) is 0 Å². The molecule has 4 unspecified atom stereocenters. The molecule has 2 rings (SSSR count). The van der Waals surface area contributed by atoms with Gasteiger partial charge in [0.1, 0.15) is 18.1 Å². The largest absolute Gasteiger partial charge is 0.481 e. The highest BCUT2D eigenvalue weighted by Crippen LogP contribution is 2.19. The van der Waals surface area contributed by atoms with Gasteiger partial charge >= 0.3 is 11.9 Å². The number of H-pyrrole nitrogens is 1. The normalized spacial score (nSPS) is 14.4. The number of para-hydroxylation sites is 1. The molecule has 0 aliphatic rings. The Morgan fingerprint density at radius 2 is 1.53 bits per heavy atom. The number of nitrogens with one attached hydrogen (secondary N) is 4. The monoisotopic (exact) mass is 477 g/mol. The molecule has 4 atom stereocenters. The standard InChI is InChI=1S/C21H27N5O8/c1-10(22)18(30)26-16(9-27)20(32)24-14(7-17(28)29)19(31)25-15(21(33)34)6-11-8-23-13-5-3-2-4-12(11)13/h2-5,8,10,14-16,23,27H,6-7,9,22H2,1H3,(H,24,32)(H,25,31)(H,26,30)(H,28,29)(H,33,34). The van der Waals surface area contributed by atoms with Crippen LogP contribution in [-0.4, -0.2) is 80.7 Å². The number of carboxylic acid groups (broad SMARTS) is 2. The molecule has 0 aliphatic carbocycles. The van der Waals surface area contributed by atoms with Crippen molar-refractivity contribution in [1.82, 2.24) is 20.9 Å². The van der Waals surface area contributed by atoms with Crippen LogP contribution >= 0.6 is 0 Å². The lowest BCUT2D eigenvalue weighted by Gasteiger charge is -2.23. The third-order valence-electron chi connectivity index (χ3n) is 4.95. The summed E-state index contributed by atoms with van der Waals surface area (Å²) in [5, 5.41) is 35.4. The number of rotatable bonds is 12. The summed E-state index contributed by atoms with van der Waals surface area (Å²) in [5.41, 5.74) is 6.79. The Hall–Kier alpha value is -3.97. The minimum absolute atomic E-state index is 0.109. The van der Waals surface area contributed by atoms with E-state index in [9.17, 15) is 34.2 Å². The first-order valence-electron chi connectivity index (χ1n) is 10.3. The summed E-state index contributed by atoms with van der Waals surface area (Å²) in [6.07, 6.45) is 0.634. The minimum atomic E-state index is -1.67. The molecule has 13 heteroatoms. The van der Waals surface area contributed by atoms with Crippen LogP contribution in [0, 0.1) is 0 Å². The van der Waals surface area contributed by atoms with Gasteiger partial charge in [0, 0.05) is 23.5 Å². The molecule has 0 fully saturated rings. The van der Waals surface area contributed by atoms with Gasteiger partial charge in [-0.05, 0) is 18.6 Å². The average Bonchev–Trinajstić information content (AvgIpc) is 3.18. The highest BCUT2D eigenvalue weighted by atomic mass is 16.4. The number of hydrogen-bond acceptors (Lipinski definition) is 7. The van der Waals surface area contributed by atoms with E-state index in [2.05, 4.69) is 20.9 Å². The predicted molar refractivity (Wildman–Crippen MR) is 118 cm³/mol. The molecule has 3 amide bonds. The Balaban J connectivity index is 2.15. The molecule has 0 bridgehead atoms. The van der Waals surface area contributed by atoms with Crippen LogP contribution in [0.15, 0.2) is 30.5 Å². The maximum Gasteiger partial charge on any atom is 0.326 e. The molecule has 0 saturated heterocycles. The molecule has 13 nitrogen and oxygen atoms in total. The van der Waals surface area contributed by atoms with E-state index in [4.69, 9.17) is 10.8 Å². The fourth-order valence-corrected chi connectivity index (χ4v) is 3.15. The summed E-state index contributed by atoms with van der Waals surface area (Å²) in [5.74, 6) is -5.65. The van der Waals surface area contributed by atoms with Crippen molar-refractivity contribution in [3.63, 3.8) is 0 Å². The number of aliphatic hydroxyl groups is 1. The molecule has 0 radical (unpaired) electrons. The van der Waals surface area contributed by atoms with Crippen LogP contribution < -0.4 is 21.7 Å². The highest BCUT2D eigenvalue weighted by molar-refractivity contribution is 5.95. The SMILES string of the molecule is CC(N)C(=O)NC(CO)C(=O)NC(CC(=O)O)C(=O)NC(Cc1c[nH]c2ccccc12)C(=O)O. The zero-order valence-corrected chi connectivity index (χ0v) is 18.3. The second-order valence-corrected chi connectivity index (χ2v) is 7.65. The van der Waals surface area contributed by atoms with Crippen LogP contribution in [0.1, 0.15) is 18.9 Å². The number of carbonyl (C=O) groups is 5. The van der Waals surface area contributed by atoms with Crippen molar-refractivity contribution in [2.75, 3.05) is 6.61 Å². The third kappa shape index (κ3) is 7.02. The Labute approximate surface area is 193 Å². The second-order valence-electron chi connectivity index (χ2n) is 7.65. The average molecular weight is 477 g/mol. The molecule has 1 aromatic carbocycles. The van der Waals surface area contributed by atoms with Gasteiger partial charge in [-0.3, -0.25) is 19.2 Å². The summed E-state index contributed by atoms with van der Waals surface area (Å²) in [7, 11) is 0. The van der Waals surface area contributed by atoms with Gasteiger partial charge in [0.2, 0.25) is 17.7 Å². The summed E-state index contributed by atoms with van der Waals surface area (Å²) < 4.78 is 0. The number of aromatic nitrogens is 1. The van der Waals surface area contributed by atoms with Crippen LogP contribution in [0.2, 0.25) is 0 Å². The molecule has 1 heterocycles. The van der Waals surface area contributed by atoms with Crippen molar-refractivity contribution >= 4 is 40.6 Å². The van der Waals surface area contributed by atoms with Crippen LogP contribution in [0.3, 0.4) is 0 Å². The fraction of sp³-hybridized carbons (Fsp3) is 0.381. The lowest BCUT2D eigenvalue weighted by atomic mass is 10.0. The first-order valence-corrected chi connectivity index (χ1v) is 10.3. The van der Waals surface area contributed by atoms with E-state index >= 15 is 0 Å². The van der Waals surface area contributed by atoms with E-state index in [1.165, 1.54) is 6.92 Å². The quantitative estimate of drug-likeness (QED) is 0.170. The topological polar surface area (TPSA) is 224 Å². The summed E-state index contributed by atoms with van der Waals surface area (Å²) in [6, 6.07) is 1.57. The molecule has 0 aliphatic heterocycles. The Morgan fingerprint density at radius 1 is 0.941 bits per heavy atom. The molecular weight excluding hydrogens is 450 g/mol. The van der Waals surface area contributed by atoms with E-state index < -0.39 is 66.9 Å².